The molecule has 1 unspecified atom stereocenters. The van der Waals surface area contributed by atoms with Crippen LogP contribution in [0.5, 0.6) is 5.75 Å². The lowest BCUT2D eigenvalue weighted by Crippen LogP contribution is -2.30. The first kappa shape index (κ1) is 16.8. The maximum absolute atomic E-state index is 12.2. The smallest absolute Gasteiger partial charge is 0.339 e. The third-order valence-corrected chi connectivity index (χ3v) is 3.39. The standard InChI is InChI=1S/C17H16ClNO4/c1-11(23-13-6-4-3-5-7-13)16(20)19-12-8-9-15(18)14(10-12)17(21)22-2/h3-11H,1-2H3,(H,19,20). The minimum Gasteiger partial charge on any atom is -0.481 e. The van der Waals surface area contributed by atoms with Gasteiger partial charge in [-0.1, -0.05) is 29.8 Å². The van der Waals surface area contributed by atoms with E-state index in [2.05, 4.69) is 10.1 Å². The van der Waals surface area contributed by atoms with E-state index in [-0.39, 0.29) is 16.5 Å². The van der Waals surface area contributed by atoms with Crippen LogP contribution in [0.2, 0.25) is 5.02 Å². The number of nitrogens with one attached hydrogen (secondary N) is 1. The molecule has 0 spiro atoms. The number of hydrogen-bond donors (Lipinski definition) is 1. The Labute approximate surface area is 139 Å². The molecule has 2 aromatic carbocycles. The van der Waals surface area contributed by atoms with Crippen LogP contribution in [0.3, 0.4) is 0 Å². The summed E-state index contributed by atoms with van der Waals surface area (Å²) >= 11 is 5.94. The minimum atomic E-state index is -0.699. The zero-order valence-corrected chi connectivity index (χ0v) is 13.5. The van der Waals surface area contributed by atoms with Crippen LogP contribution in [0.1, 0.15) is 17.3 Å². The molecule has 0 fully saturated rings. The molecule has 0 bridgehead atoms. The number of ether oxygens (including phenoxy) is 2. The van der Waals surface area contributed by atoms with E-state index >= 15 is 0 Å². The van der Waals surface area contributed by atoms with Crippen LogP contribution in [0.25, 0.3) is 0 Å². The van der Waals surface area contributed by atoms with Crippen molar-refractivity contribution in [2.24, 2.45) is 0 Å². The van der Waals surface area contributed by atoms with Crippen molar-refractivity contribution in [1.29, 1.82) is 0 Å². The van der Waals surface area contributed by atoms with Gasteiger partial charge in [0.2, 0.25) is 0 Å². The Bertz CT molecular complexity index is 703. The molecule has 2 rings (SSSR count). The van der Waals surface area contributed by atoms with Crippen molar-refractivity contribution < 1.29 is 19.1 Å². The number of rotatable bonds is 5. The van der Waals surface area contributed by atoms with Crippen LogP contribution < -0.4 is 10.1 Å². The van der Waals surface area contributed by atoms with Gasteiger partial charge in [-0.15, -0.1) is 0 Å². The minimum absolute atomic E-state index is 0.184. The molecule has 1 atom stereocenters. The Kier molecular flexibility index (Phi) is 5.60. The molecule has 0 radical (unpaired) electrons. The van der Waals surface area contributed by atoms with E-state index in [0.29, 0.717) is 11.4 Å². The van der Waals surface area contributed by atoms with Crippen molar-refractivity contribution in [3.8, 4) is 5.75 Å². The summed E-state index contributed by atoms with van der Waals surface area (Å²) in [6.45, 7) is 1.64. The van der Waals surface area contributed by atoms with E-state index in [1.54, 1.807) is 25.1 Å². The number of carbonyl (C=O) groups is 2. The Morgan fingerprint density at radius 3 is 2.48 bits per heavy atom. The summed E-state index contributed by atoms with van der Waals surface area (Å²) in [7, 11) is 1.26. The van der Waals surface area contributed by atoms with Gasteiger partial charge in [0.05, 0.1) is 17.7 Å². The third kappa shape index (κ3) is 4.47. The Morgan fingerprint density at radius 2 is 1.83 bits per heavy atom. The number of benzene rings is 2. The summed E-state index contributed by atoms with van der Waals surface area (Å²) in [5.41, 5.74) is 0.618. The van der Waals surface area contributed by atoms with Crippen LogP contribution >= 0.6 is 11.6 Å². The van der Waals surface area contributed by atoms with Crippen molar-refractivity contribution in [2.75, 3.05) is 12.4 Å². The summed E-state index contributed by atoms with van der Waals surface area (Å²) in [4.78, 5) is 23.8. The molecule has 0 aliphatic carbocycles. The molecule has 0 aliphatic heterocycles. The summed E-state index contributed by atoms with van der Waals surface area (Å²) in [6.07, 6.45) is -0.699. The highest BCUT2D eigenvalue weighted by Crippen LogP contribution is 2.22. The SMILES string of the molecule is COC(=O)c1cc(NC(=O)C(C)Oc2ccccc2)ccc1Cl. The van der Waals surface area contributed by atoms with E-state index in [4.69, 9.17) is 16.3 Å². The van der Waals surface area contributed by atoms with Gasteiger partial charge in [0.25, 0.3) is 5.91 Å². The fraction of sp³-hybridized carbons (Fsp3) is 0.176. The van der Waals surface area contributed by atoms with E-state index in [1.165, 1.54) is 19.2 Å². The highest BCUT2D eigenvalue weighted by Gasteiger charge is 2.17. The van der Waals surface area contributed by atoms with Crippen LogP contribution in [0.4, 0.5) is 5.69 Å². The molecule has 2 aromatic rings. The number of halogens is 1. The zero-order valence-electron chi connectivity index (χ0n) is 12.7. The Hall–Kier alpha value is -2.53. The van der Waals surface area contributed by atoms with Gasteiger partial charge in [0.15, 0.2) is 6.10 Å². The highest BCUT2D eigenvalue weighted by molar-refractivity contribution is 6.33. The zero-order chi connectivity index (χ0) is 16.8. The number of methoxy groups -OCH3 is 1. The Balaban J connectivity index is 2.06. The van der Waals surface area contributed by atoms with Gasteiger partial charge in [-0.05, 0) is 37.3 Å². The van der Waals surface area contributed by atoms with Crippen molar-refractivity contribution in [1.82, 2.24) is 0 Å². The van der Waals surface area contributed by atoms with E-state index in [9.17, 15) is 9.59 Å². The lowest BCUT2D eigenvalue weighted by Gasteiger charge is -2.15. The van der Waals surface area contributed by atoms with Gasteiger partial charge in [-0.25, -0.2) is 4.79 Å². The second kappa shape index (κ2) is 7.65. The van der Waals surface area contributed by atoms with Crippen molar-refractivity contribution in [2.45, 2.75) is 13.0 Å². The van der Waals surface area contributed by atoms with E-state index in [1.807, 2.05) is 18.2 Å². The third-order valence-electron chi connectivity index (χ3n) is 3.06. The Morgan fingerprint density at radius 1 is 1.13 bits per heavy atom. The van der Waals surface area contributed by atoms with Gasteiger partial charge < -0.3 is 14.8 Å². The number of esters is 1. The van der Waals surface area contributed by atoms with Crippen molar-refractivity contribution in [3.63, 3.8) is 0 Å². The molecule has 23 heavy (non-hydrogen) atoms. The first-order valence-corrected chi connectivity index (χ1v) is 7.29. The van der Waals surface area contributed by atoms with Gasteiger partial charge in [0, 0.05) is 5.69 Å². The molecule has 0 aromatic heterocycles. The normalized spacial score (nSPS) is 11.4. The van der Waals surface area contributed by atoms with Crippen LogP contribution in [-0.2, 0) is 9.53 Å². The molecule has 0 saturated carbocycles. The largest absolute Gasteiger partial charge is 0.481 e. The van der Waals surface area contributed by atoms with E-state index in [0.717, 1.165) is 0 Å². The fourth-order valence-electron chi connectivity index (χ4n) is 1.87. The first-order chi connectivity index (χ1) is 11.0. The summed E-state index contributed by atoms with van der Waals surface area (Å²) in [6, 6.07) is 13.6. The molecule has 6 heteroatoms. The van der Waals surface area contributed by atoms with Crippen molar-refractivity contribution >= 4 is 29.2 Å². The van der Waals surface area contributed by atoms with Crippen LogP contribution in [0.15, 0.2) is 48.5 Å². The molecule has 5 nitrogen and oxygen atoms in total. The average Bonchev–Trinajstić information content (AvgIpc) is 2.56. The van der Waals surface area contributed by atoms with Gasteiger partial charge in [0.1, 0.15) is 5.75 Å². The second-order valence-corrected chi connectivity index (χ2v) is 5.16. The number of anilines is 1. The van der Waals surface area contributed by atoms with Crippen LogP contribution in [0, 0.1) is 0 Å². The summed E-state index contributed by atoms with van der Waals surface area (Å²) < 4.78 is 10.2. The maximum Gasteiger partial charge on any atom is 0.339 e. The number of amides is 1. The molecule has 0 aliphatic rings. The molecule has 120 valence electrons. The van der Waals surface area contributed by atoms with Gasteiger partial charge >= 0.3 is 5.97 Å². The van der Waals surface area contributed by atoms with Gasteiger partial charge in [-0.2, -0.15) is 0 Å². The molecule has 0 saturated heterocycles. The van der Waals surface area contributed by atoms with Crippen LogP contribution in [-0.4, -0.2) is 25.1 Å². The number of para-hydroxylation sites is 1. The summed E-state index contributed by atoms with van der Waals surface area (Å²) in [5.74, 6) is -0.312. The topological polar surface area (TPSA) is 64.6 Å². The fourth-order valence-corrected chi connectivity index (χ4v) is 2.06. The highest BCUT2D eigenvalue weighted by atomic mass is 35.5. The predicted octanol–water partition coefficient (Wildman–Crippen LogP) is 3.53. The number of hydrogen-bond acceptors (Lipinski definition) is 4. The summed E-state index contributed by atoms with van der Waals surface area (Å²) in [5, 5.41) is 2.93. The first-order valence-electron chi connectivity index (χ1n) is 6.91. The van der Waals surface area contributed by atoms with Gasteiger partial charge in [-0.3, -0.25) is 4.79 Å². The second-order valence-electron chi connectivity index (χ2n) is 4.75. The number of carbonyl (C=O) groups excluding carboxylic acids is 2. The monoisotopic (exact) mass is 333 g/mol. The molecular formula is C17H16ClNO4. The predicted molar refractivity (Wildman–Crippen MR) is 88.0 cm³/mol. The quantitative estimate of drug-likeness (QED) is 0.850. The molecular weight excluding hydrogens is 318 g/mol. The molecule has 0 heterocycles. The van der Waals surface area contributed by atoms with Crippen molar-refractivity contribution in [3.05, 3.63) is 59.1 Å². The maximum atomic E-state index is 12.2. The average molecular weight is 334 g/mol. The molecule has 1 N–H and O–H groups in total. The molecule has 1 amide bonds. The van der Waals surface area contributed by atoms with E-state index < -0.39 is 12.1 Å². The lowest BCUT2D eigenvalue weighted by molar-refractivity contribution is -0.122. The lowest BCUT2D eigenvalue weighted by atomic mass is 10.2.